The van der Waals surface area contributed by atoms with E-state index in [1.807, 2.05) is 0 Å². The van der Waals surface area contributed by atoms with Crippen LogP contribution in [0.15, 0.2) is 12.1 Å². The molecule has 0 bridgehead atoms. The highest BCUT2D eigenvalue weighted by Crippen LogP contribution is 2.19. The SMILES string of the molecule is CC(=O)NCC#Cc1cc(F)c(C)cc1Cl. The van der Waals surface area contributed by atoms with Gasteiger partial charge in [-0.3, -0.25) is 4.79 Å². The molecule has 0 aliphatic heterocycles. The van der Waals surface area contributed by atoms with E-state index < -0.39 is 0 Å². The zero-order valence-corrected chi connectivity index (χ0v) is 9.78. The summed E-state index contributed by atoms with van der Waals surface area (Å²) in [6, 6.07) is 2.82. The second-order valence-electron chi connectivity index (χ2n) is 3.29. The first-order chi connectivity index (χ1) is 7.50. The Morgan fingerprint density at radius 2 is 2.25 bits per heavy atom. The summed E-state index contributed by atoms with van der Waals surface area (Å²) in [5.41, 5.74) is 0.910. The second-order valence-corrected chi connectivity index (χ2v) is 3.70. The molecular weight excluding hydrogens is 229 g/mol. The fourth-order valence-corrected chi connectivity index (χ4v) is 1.32. The molecule has 0 aliphatic rings. The molecule has 16 heavy (non-hydrogen) atoms. The lowest BCUT2D eigenvalue weighted by atomic mass is 10.1. The van der Waals surface area contributed by atoms with E-state index in [0.29, 0.717) is 16.1 Å². The van der Waals surface area contributed by atoms with Gasteiger partial charge in [0.25, 0.3) is 0 Å². The predicted octanol–water partition coefficient (Wildman–Crippen LogP) is 2.28. The largest absolute Gasteiger partial charge is 0.345 e. The Kier molecular flexibility index (Phi) is 4.33. The van der Waals surface area contributed by atoms with Crippen molar-refractivity contribution >= 4 is 17.5 Å². The molecule has 0 radical (unpaired) electrons. The number of amides is 1. The number of nitrogens with one attached hydrogen (secondary N) is 1. The minimum absolute atomic E-state index is 0.157. The Balaban J connectivity index is 2.81. The average molecular weight is 240 g/mol. The number of aryl methyl sites for hydroxylation is 1. The summed E-state index contributed by atoms with van der Waals surface area (Å²) >= 11 is 5.89. The van der Waals surface area contributed by atoms with Crippen molar-refractivity contribution in [3.05, 3.63) is 34.1 Å². The molecule has 0 fully saturated rings. The minimum Gasteiger partial charge on any atom is -0.345 e. The number of carbonyl (C=O) groups excluding carboxylic acids is 1. The number of rotatable bonds is 1. The van der Waals surface area contributed by atoms with Gasteiger partial charge in [0.2, 0.25) is 5.91 Å². The molecule has 1 aromatic rings. The third kappa shape index (κ3) is 3.56. The molecule has 1 rings (SSSR count). The first-order valence-corrected chi connectivity index (χ1v) is 5.07. The Labute approximate surface area is 98.8 Å². The lowest BCUT2D eigenvalue weighted by Crippen LogP contribution is -2.19. The van der Waals surface area contributed by atoms with Crippen LogP contribution >= 0.6 is 11.6 Å². The van der Waals surface area contributed by atoms with E-state index in [4.69, 9.17) is 11.6 Å². The van der Waals surface area contributed by atoms with Crippen molar-refractivity contribution in [2.45, 2.75) is 13.8 Å². The number of carbonyl (C=O) groups is 1. The van der Waals surface area contributed by atoms with Crippen molar-refractivity contribution in [2.75, 3.05) is 6.54 Å². The van der Waals surface area contributed by atoms with Gasteiger partial charge in [-0.15, -0.1) is 0 Å². The van der Waals surface area contributed by atoms with Crippen molar-refractivity contribution in [3.8, 4) is 11.8 Å². The summed E-state index contributed by atoms with van der Waals surface area (Å²) in [6.45, 7) is 3.26. The molecule has 1 N–H and O–H groups in total. The van der Waals surface area contributed by atoms with Crippen LogP contribution in [-0.4, -0.2) is 12.5 Å². The van der Waals surface area contributed by atoms with Gasteiger partial charge in [-0.2, -0.15) is 0 Å². The monoisotopic (exact) mass is 239 g/mol. The lowest BCUT2D eigenvalue weighted by molar-refractivity contribution is -0.118. The fourth-order valence-electron chi connectivity index (χ4n) is 1.05. The molecule has 1 aromatic carbocycles. The first-order valence-electron chi connectivity index (χ1n) is 4.69. The summed E-state index contributed by atoms with van der Waals surface area (Å²) in [5.74, 6) is 4.89. The summed E-state index contributed by atoms with van der Waals surface area (Å²) < 4.78 is 13.2. The van der Waals surface area contributed by atoms with E-state index in [1.165, 1.54) is 19.1 Å². The number of hydrogen-bond donors (Lipinski definition) is 1. The normalized spacial score (nSPS) is 9.25. The molecule has 1 amide bonds. The van der Waals surface area contributed by atoms with Crippen LogP contribution in [0.1, 0.15) is 18.1 Å². The van der Waals surface area contributed by atoms with Crippen LogP contribution in [0.2, 0.25) is 5.02 Å². The molecule has 2 nitrogen and oxygen atoms in total. The van der Waals surface area contributed by atoms with Crippen LogP contribution in [0.5, 0.6) is 0 Å². The molecule has 0 saturated heterocycles. The van der Waals surface area contributed by atoms with Gasteiger partial charge < -0.3 is 5.32 Å². The second kappa shape index (κ2) is 5.53. The Morgan fingerprint density at radius 1 is 1.56 bits per heavy atom. The zero-order chi connectivity index (χ0) is 12.1. The standard InChI is InChI=1S/C12H11ClFNO/c1-8-6-11(13)10(7-12(8)14)4-3-5-15-9(2)16/h6-7H,5H2,1-2H3,(H,15,16). The maximum Gasteiger partial charge on any atom is 0.217 e. The van der Waals surface area contributed by atoms with Crippen LogP contribution in [0, 0.1) is 24.6 Å². The highest BCUT2D eigenvalue weighted by molar-refractivity contribution is 6.31. The van der Waals surface area contributed by atoms with E-state index >= 15 is 0 Å². The van der Waals surface area contributed by atoms with E-state index in [-0.39, 0.29) is 18.3 Å². The summed E-state index contributed by atoms with van der Waals surface area (Å²) in [4.78, 5) is 10.6. The predicted molar refractivity (Wildman–Crippen MR) is 61.7 cm³/mol. The molecule has 0 aliphatic carbocycles. The smallest absolute Gasteiger partial charge is 0.217 e. The van der Waals surface area contributed by atoms with Crippen LogP contribution in [0.4, 0.5) is 4.39 Å². The molecule has 0 heterocycles. The molecule has 0 spiro atoms. The maximum absolute atomic E-state index is 13.2. The van der Waals surface area contributed by atoms with Gasteiger partial charge in [0.1, 0.15) is 5.82 Å². The first kappa shape index (κ1) is 12.5. The zero-order valence-electron chi connectivity index (χ0n) is 9.03. The van der Waals surface area contributed by atoms with Crippen molar-refractivity contribution < 1.29 is 9.18 Å². The van der Waals surface area contributed by atoms with Crippen LogP contribution in [-0.2, 0) is 4.79 Å². The van der Waals surface area contributed by atoms with Crippen LogP contribution in [0.25, 0.3) is 0 Å². The van der Waals surface area contributed by atoms with Crippen molar-refractivity contribution in [1.29, 1.82) is 0 Å². The molecule has 84 valence electrons. The van der Waals surface area contributed by atoms with Gasteiger partial charge in [-0.1, -0.05) is 23.4 Å². The van der Waals surface area contributed by atoms with Crippen molar-refractivity contribution in [2.24, 2.45) is 0 Å². The number of halogens is 2. The molecule has 0 unspecified atom stereocenters. The lowest BCUT2D eigenvalue weighted by Gasteiger charge is -2.00. The molecule has 0 atom stereocenters. The number of hydrogen-bond acceptors (Lipinski definition) is 1. The third-order valence-electron chi connectivity index (χ3n) is 1.90. The Hall–Kier alpha value is -1.53. The van der Waals surface area contributed by atoms with Gasteiger partial charge in [0.05, 0.1) is 11.6 Å². The van der Waals surface area contributed by atoms with Crippen LogP contribution < -0.4 is 5.32 Å². The molecule has 0 aromatic heterocycles. The Bertz CT molecular complexity index is 474. The Morgan fingerprint density at radius 3 is 2.88 bits per heavy atom. The minimum atomic E-state index is -0.340. The van der Waals surface area contributed by atoms with Crippen molar-refractivity contribution in [1.82, 2.24) is 5.32 Å². The van der Waals surface area contributed by atoms with E-state index in [9.17, 15) is 9.18 Å². The quantitative estimate of drug-likeness (QED) is 0.749. The van der Waals surface area contributed by atoms with Gasteiger partial charge in [-0.25, -0.2) is 4.39 Å². The van der Waals surface area contributed by atoms with Gasteiger partial charge in [0, 0.05) is 12.5 Å². The van der Waals surface area contributed by atoms with Gasteiger partial charge in [0.15, 0.2) is 0 Å². The van der Waals surface area contributed by atoms with Gasteiger partial charge >= 0.3 is 0 Å². The third-order valence-corrected chi connectivity index (χ3v) is 2.21. The van der Waals surface area contributed by atoms with Gasteiger partial charge in [-0.05, 0) is 24.6 Å². The van der Waals surface area contributed by atoms with E-state index in [0.717, 1.165) is 0 Å². The van der Waals surface area contributed by atoms with Crippen molar-refractivity contribution in [3.63, 3.8) is 0 Å². The summed E-state index contributed by atoms with van der Waals surface area (Å²) in [6.07, 6.45) is 0. The highest BCUT2D eigenvalue weighted by Gasteiger charge is 2.02. The summed E-state index contributed by atoms with van der Waals surface area (Å²) in [5, 5.41) is 2.92. The maximum atomic E-state index is 13.2. The molecule has 0 saturated carbocycles. The van der Waals surface area contributed by atoms with E-state index in [1.54, 1.807) is 6.92 Å². The van der Waals surface area contributed by atoms with Crippen LogP contribution in [0.3, 0.4) is 0 Å². The highest BCUT2D eigenvalue weighted by atomic mass is 35.5. The fraction of sp³-hybridized carbons (Fsp3) is 0.250. The average Bonchev–Trinajstić information content (AvgIpc) is 2.19. The number of benzene rings is 1. The van der Waals surface area contributed by atoms with E-state index in [2.05, 4.69) is 17.2 Å². The summed E-state index contributed by atoms with van der Waals surface area (Å²) in [7, 11) is 0. The molecule has 4 heteroatoms. The topological polar surface area (TPSA) is 29.1 Å². The molecular formula is C12H11ClFNO.